The van der Waals surface area contributed by atoms with Gasteiger partial charge in [-0.3, -0.25) is 4.79 Å². The van der Waals surface area contributed by atoms with E-state index in [-0.39, 0.29) is 18.2 Å². The number of nitrogens with one attached hydrogen (secondary N) is 2. The Morgan fingerprint density at radius 2 is 2.00 bits per heavy atom. The van der Waals surface area contributed by atoms with Gasteiger partial charge in [0.2, 0.25) is 0 Å². The number of hydrazone groups is 1. The van der Waals surface area contributed by atoms with E-state index in [0.29, 0.717) is 5.56 Å². The van der Waals surface area contributed by atoms with Crippen LogP contribution in [0.2, 0.25) is 0 Å². The van der Waals surface area contributed by atoms with Gasteiger partial charge in [-0.1, -0.05) is 15.9 Å². The monoisotopic (exact) mass is 473 g/mol. The van der Waals surface area contributed by atoms with Crippen LogP contribution < -0.4 is 10.7 Å². The maximum absolute atomic E-state index is 11.7. The third kappa shape index (κ3) is 5.30. The summed E-state index contributed by atoms with van der Waals surface area (Å²) in [6.45, 7) is 0.113. The summed E-state index contributed by atoms with van der Waals surface area (Å²) in [7, 11) is 0. The predicted molar refractivity (Wildman–Crippen MR) is 99.2 cm³/mol. The Balaban J connectivity index is 1.83. The maximum atomic E-state index is 11.7. The number of benzene rings is 2. The van der Waals surface area contributed by atoms with Gasteiger partial charge in [0.1, 0.15) is 5.75 Å². The van der Waals surface area contributed by atoms with Gasteiger partial charge in [-0.05, 0) is 65.1 Å². The molecular formula is C15H13BrIN3O2. The van der Waals surface area contributed by atoms with Crippen LogP contribution in [0.4, 0.5) is 5.69 Å². The van der Waals surface area contributed by atoms with E-state index in [1.54, 1.807) is 18.2 Å². The first-order chi connectivity index (χ1) is 10.5. The molecule has 0 bridgehead atoms. The zero-order valence-electron chi connectivity index (χ0n) is 11.4. The van der Waals surface area contributed by atoms with E-state index >= 15 is 0 Å². The van der Waals surface area contributed by atoms with Gasteiger partial charge in [0.05, 0.1) is 12.8 Å². The number of halogens is 2. The van der Waals surface area contributed by atoms with E-state index in [4.69, 9.17) is 0 Å². The van der Waals surface area contributed by atoms with Gasteiger partial charge in [0, 0.05) is 19.3 Å². The maximum Gasteiger partial charge on any atom is 0.259 e. The van der Waals surface area contributed by atoms with E-state index in [2.05, 4.69) is 54.4 Å². The molecule has 114 valence electrons. The fraction of sp³-hybridized carbons (Fsp3) is 0.0667. The first-order valence-electron chi connectivity index (χ1n) is 6.34. The Labute approximate surface area is 150 Å². The van der Waals surface area contributed by atoms with Crippen molar-refractivity contribution in [2.24, 2.45) is 5.10 Å². The number of aromatic hydroxyl groups is 1. The van der Waals surface area contributed by atoms with Crippen LogP contribution in [0, 0.1) is 3.57 Å². The summed E-state index contributed by atoms with van der Waals surface area (Å²) in [6.07, 6.45) is 1.39. The Kier molecular flexibility index (Phi) is 6.20. The number of hydrogen-bond donors (Lipinski definition) is 3. The van der Waals surface area contributed by atoms with Crippen molar-refractivity contribution in [3.05, 3.63) is 56.1 Å². The molecule has 3 N–H and O–H groups in total. The molecule has 2 rings (SSSR count). The molecule has 0 saturated heterocycles. The lowest BCUT2D eigenvalue weighted by Gasteiger charge is -2.05. The Morgan fingerprint density at radius 3 is 2.73 bits per heavy atom. The highest BCUT2D eigenvalue weighted by atomic mass is 127. The molecule has 0 aromatic heterocycles. The number of amides is 1. The second-order valence-corrected chi connectivity index (χ2v) is 6.52. The van der Waals surface area contributed by atoms with E-state index in [1.807, 2.05) is 24.3 Å². The predicted octanol–water partition coefficient (Wildman–Crippen LogP) is 3.32. The fourth-order valence-electron chi connectivity index (χ4n) is 1.59. The van der Waals surface area contributed by atoms with Crippen LogP contribution in [0.15, 0.2) is 52.0 Å². The molecule has 0 aliphatic rings. The zero-order valence-corrected chi connectivity index (χ0v) is 15.1. The van der Waals surface area contributed by atoms with Crippen LogP contribution in [0.1, 0.15) is 5.56 Å². The van der Waals surface area contributed by atoms with Crippen LogP contribution in [-0.4, -0.2) is 23.8 Å². The quantitative estimate of drug-likeness (QED) is 0.354. The van der Waals surface area contributed by atoms with Crippen molar-refractivity contribution in [2.45, 2.75) is 0 Å². The Hall–Kier alpha value is -1.61. The molecule has 0 saturated carbocycles. The summed E-state index contributed by atoms with van der Waals surface area (Å²) >= 11 is 5.52. The minimum Gasteiger partial charge on any atom is -0.507 e. The average molecular weight is 474 g/mol. The van der Waals surface area contributed by atoms with Gasteiger partial charge in [-0.2, -0.15) is 5.10 Å². The molecule has 0 atom stereocenters. The summed E-state index contributed by atoms with van der Waals surface area (Å²) in [5, 5.41) is 16.5. The molecule has 0 spiro atoms. The summed E-state index contributed by atoms with van der Waals surface area (Å²) in [4.78, 5) is 11.7. The number of carbonyl (C=O) groups excluding carboxylic acids is 1. The third-order valence-corrected chi connectivity index (χ3v) is 3.89. The largest absolute Gasteiger partial charge is 0.507 e. The Morgan fingerprint density at radius 1 is 1.27 bits per heavy atom. The number of nitrogens with zero attached hydrogens (tertiary/aromatic N) is 1. The standard InChI is InChI=1S/C15H13BrIN3O2/c16-11-1-6-14(21)10(7-11)8-19-20-15(22)9-18-13-4-2-12(17)3-5-13/h1-8,18,21H,9H2,(H,20,22)/b19-8-. The molecule has 0 fully saturated rings. The molecule has 1 amide bonds. The van der Waals surface area contributed by atoms with Crippen molar-refractivity contribution >= 4 is 56.3 Å². The van der Waals surface area contributed by atoms with E-state index in [9.17, 15) is 9.90 Å². The molecule has 0 aliphatic heterocycles. The van der Waals surface area contributed by atoms with Crippen molar-refractivity contribution in [3.63, 3.8) is 0 Å². The number of anilines is 1. The topological polar surface area (TPSA) is 73.7 Å². The highest BCUT2D eigenvalue weighted by Crippen LogP contribution is 2.19. The number of hydrogen-bond acceptors (Lipinski definition) is 4. The van der Waals surface area contributed by atoms with Crippen molar-refractivity contribution in [2.75, 3.05) is 11.9 Å². The van der Waals surface area contributed by atoms with E-state index in [0.717, 1.165) is 13.7 Å². The first-order valence-corrected chi connectivity index (χ1v) is 8.21. The second-order valence-electron chi connectivity index (χ2n) is 4.36. The SMILES string of the molecule is O=C(CNc1ccc(I)cc1)N/N=C\c1cc(Br)ccc1O. The fourth-order valence-corrected chi connectivity index (χ4v) is 2.33. The highest BCUT2D eigenvalue weighted by molar-refractivity contribution is 14.1. The van der Waals surface area contributed by atoms with Crippen molar-refractivity contribution < 1.29 is 9.90 Å². The first kappa shape index (κ1) is 16.8. The molecular weight excluding hydrogens is 461 g/mol. The molecule has 2 aromatic carbocycles. The van der Waals surface area contributed by atoms with Gasteiger partial charge in [-0.15, -0.1) is 0 Å². The summed E-state index contributed by atoms with van der Waals surface area (Å²) in [5.74, 6) is -0.178. The molecule has 5 nitrogen and oxygen atoms in total. The zero-order chi connectivity index (χ0) is 15.9. The normalized spacial score (nSPS) is 10.6. The number of carbonyl (C=O) groups is 1. The van der Waals surface area contributed by atoms with Crippen molar-refractivity contribution in [3.8, 4) is 5.75 Å². The third-order valence-electron chi connectivity index (χ3n) is 2.68. The molecule has 7 heteroatoms. The molecule has 22 heavy (non-hydrogen) atoms. The van der Waals surface area contributed by atoms with Gasteiger partial charge in [0.15, 0.2) is 0 Å². The average Bonchev–Trinajstić information content (AvgIpc) is 2.50. The van der Waals surface area contributed by atoms with Gasteiger partial charge >= 0.3 is 0 Å². The lowest BCUT2D eigenvalue weighted by molar-refractivity contribution is -0.119. The summed E-state index contributed by atoms with van der Waals surface area (Å²) < 4.78 is 1.95. The van der Waals surface area contributed by atoms with Crippen LogP contribution in [0.3, 0.4) is 0 Å². The van der Waals surface area contributed by atoms with Crippen LogP contribution in [0.5, 0.6) is 5.75 Å². The minimum atomic E-state index is -0.274. The minimum absolute atomic E-state index is 0.0956. The molecule has 0 radical (unpaired) electrons. The molecule has 2 aromatic rings. The molecule has 0 heterocycles. The number of phenols is 1. The van der Waals surface area contributed by atoms with E-state index in [1.165, 1.54) is 6.21 Å². The smallest absolute Gasteiger partial charge is 0.259 e. The molecule has 0 aliphatic carbocycles. The summed E-state index contributed by atoms with van der Waals surface area (Å²) in [6, 6.07) is 12.7. The number of rotatable bonds is 5. The van der Waals surface area contributed by atoms with Crippen LogP contribution >= 0.6 is 38.5 Å². The summed E-state index contributed by atoms with van der Waals surface area (Å²) in [5.41, 5.74) is 3.78. The van der Waals surface area contributed by atoms with Crippen LogP contribution in [0.25, 0.3) is 0 Å². The van der Waals surface area contributed by atoms with Gasteiger partial charge in [0.25, 0.3) is 5.91 Å². The van der Waals surface area contributed by atoms with Crippen LogP contribution in [-0.2, 0) is 4.79 Å². The number of phenolic OH excluding ortho intramolecular Hbond substituents is 1. The Bertz CT molecular complexity index is 690. The van der Waals surface area contributed by atoms with E-state index < -0.39 is 0 Å². The lowest BCUT2D eigenvalue weighted by Crippen LogP contribution is -2.25. The second kappa shape index (κ2) is 8.14. The van der Waals surface area contributed by atoms with Crippen molar-refractivity contribution in [1.29, 1.82) is 0 Å². The van der Waals surface area contributed by atoms with Gasteiger partial charge in [-0.25, -0.2) is 5.43 Å². The van der Waals surface area contributed by atoms with Gasteiger partial charge < -0.3 is 10.4 Å². The lowest BCUT2D eigenvalue weighted by atomic mass is 10.2. The highest BCUT2D eigenvalue weighted by Gasteiger charge is 2.01. The van der Waals surface area contributed by atoms with Crippen molar-refractivity contribution in [1.82, 2.24) is 5.43 Å². The molecule has 0 unspecified atom stereocenters.